The molecule has 192 valence electrons. The van der Waals surface area contributed by atoms with E-state index in [0.717, 1.165) is 12.0 Å². The van der Waals surface area contributed by atoms with Crippen LogP contribution in [0.1, 0.15) is 17.8 Å². The number of carbonyl (C=O) groups is 1. The Kier molecular flexibility index (Phi) is 5.21. The lowest BCUT2D eigenvalue weighted by Crippen LogP contribution is -2.31. The van der Waals surface area contributed by atoms with Gasteiger partial charge in [0.2, 0.25) is 5.95 Å². The molecule has 1 amide bonds. The van der Waals surface area contributed by atoms with Crippen molar-refractivity contribution < 1.29 is 28.5 Å². The van der Waals surface area contributed by atoms with E-state index in [4.69, 9.17) is 29.3 Å². The molecule has 12 heteroatoms. The fourth-order valence-corrected chi connectivity index (χ4v) is 5.24. The number of rotatable bonds is 7. The van der Waals surface area contributed by atoms with Crippen LogP contribution in [0.4, 0.5) is 15.1 Å². The second-order valence-electron chi connectivity index (χ2n) is 9.36. The predicted octanol–water partition coefficient (Wildman–Crippen LogP) is 3.31. The number of hydrogen-bond donors (Lipinski definition) is 2. The third kappa shape index (κ3) is 3.62. The standard InChI is InChI=1S/C25H25FN6O5/c1-35-15-5-4-13(19(6-15)36-2)10-27-23-28-18-8-20(37-3)17(26)7-16(18)21-29-22(30-32(21)23)25-9-14(25)11-31(12-25)24(33)34/h4-8,14H,9-12H2,1-3H3,(H,27,28)(H,33,34). The lowest BCUT2D eigenvalue weighted by molar-refractivity contribution is 0.149. The second-order valence-corrected chi connectivity index (χ2v) is 9.36. The molecule has 2 aromatic carbocycles. The van der Waals surface area contributed by atoms with Gasteiger partial charge in [0.25, 0.3) is 0 Å². The van der Waals surface area contributed by atoms with Crippen molar-refractivity contribution in [3.05, 3.63) is 47.5 Å². The number of piperidine rings is 1. The highest BCUT2D eigenvalue weighted by Crippen LogP contribution is 2.58. The molecule has 2 aromatic heterocycles. The van der Waals surface area contributed by atoms with Gasteiger partial charge in [-0.2, -0.15) is 4.52 Å². The van der Waals surface area contributed by atoms with Gasteiger partial charge in [-0.3, -0.25) is 0 Å². The van der Waals surface area contributed by atoms with Crippen LogP contribution < -0.4 is 19.5 Å². The Morgan fingerprint density at radius 3 is 2.68 bits per heavy atom. The average molecular weight is 509 g/mol. The minimum atomic E-state index is -0.951. The first-order valence-electron chi connectivity index (χ1n) is 11.7. The van der Waals surface area contributed by atoms with Crippen molar-refractivity contribution in [1.82, 2.24) is 24.5 Å². The third-order valence-electron chi connectivity index (χ3n) is 7.34. The highest BCUT2D eigenvalue weighted by Gasteiger charge is 2.64. The maximum Gasteiger partial charge on any atom is 0.407 e. The normalized spacial score (nSPS) is 20.2. The van der Waals surface area contributed by atoms with Gasteiger partial charge in [-0.25, -0.2) is 19.2 Å². The number of aromatic nitrogens is 4. The van der Waals surface area contributed by atoms with Crippen LogP contribution in [0.5, 0.6) is 17.2 Å². The summed E-state index contributed by atoms with van der Waals surface area (Å²) in [6.07, 6.45) is -0.139. The number of likely N-dealkylation sites (tertiary alicyclic amines) is 1. The van der Waals surface area contributed by atoms with Crippen LogP contribution in [-0.2, 0) is 12.0 Å². The Morgan fingerprint density at radius 2 is 1.97 bits per heavy atom. The van der Waals surface area contributed by atoms with E-state index in [0.29, 0.717) is 59.5 Å². The number of anilines is 1. The van der Waals surface area contributed by atoms with Crippen molar-refractivity contribution in [1.29, 1.82) is 0 Å². The summed E-state index contributed by atoms with van der Waals surface area (Å²) in [6.45, 7) is 1.15. The van der Waals surface area contributed by atoms with E-state index < -0.39 is 17.3 Å². The SMILES string of the molecule is COc1ccc(CNc2nc3cc(OC)c(F)cc3c3nc(C45CC4CN(C(=O)O)C5)nn23)c(OC)c1. The van der Waals surface area contributed by atoms with E-state index in [2.05, 4.69) is 5.32 Å². The zero-order chi connectivity index (χ0) is 25.9. The summed E-state index contributed by atoms with van der Waals surface area (Å²) in [5, 5.41) is 18.0. The highest BCUT2D eigenvalue weighted by molar-refractivity contribution is 5.93. The van der Waals surface area contributed by atoms with Crippen molar-refractivity contribution in [2.24, 2.45) is 5.92 Å². The van der Waals surface area contributed by atoms with Gasteiger partial charge in [-0.15, -0.1) is 5.10 Å². The van der Waals surface area contributed by atoms with Crippen LogP contribution in [0.15, 0.2) is 30.3 Å². The zero-order valence-corrected chi connectivity index (χ0v) is 20.5. The third-order valence-corrected chi connectivity index (χ3v) is 7.34. The van der Waals surface area contributed by atoms with E-state index in [9.17, 15) is 14.3 Å². The quantitative estimate of drug-likeness (QED) is 0.387. The van der Waals surface area contributed by atoms with Crippen LogP contribution in [0, 0.1) is 11.7 Å². The zero-order valence-electron chi connectivity index (χ0n) is 20.5. The fourth-order valence-electron chi connectivity index (χ4n) is 5.24. The number of hydrogen-bond acceptors (Lipinski definition) is 8. The van der Waals surface area contributed by atoms with E-state index in [1.54, 1.807) is 24.8 Å². The molecule has 2 fully saturated rings. The van der Waals surface area contributed by atoms with Gasteiger partial charge in [0.05, 0.1) is 32.3 Å². The molecule has 6 rings (SSSR count). The van der Waals surface area contributed by atoms with Crippen LogP contribution in [-0.4, -0.2) is 70.1 Å². The number of nitrogens with zero attached hydrogens (tertiary/aromatic N) is 5. The molecule has 1 aliphatic heterocycles. The predicted molar refractivity (Wildman–Crippen MR) is 131 cm³/mol. The smallest absolute Gasteiger partial charge is 0.407 e. The molecule has 2 unspecified atom stereocenters. The number of carboxylic acid groups (broad SMARTS) is 1. The van der Waals surface area contributed by atoms with E-state index in [-0.39, 0.29) is 11.7 Å². The van der Waals surface area contributed by atoms with Gasteiger partial charge in [0.1, 0.15) is 11.5 Å². The molecule has 37 heavy (non-hydrogen) atoms. The highest BCUT2D eigenvalue weighted by atomic mass is 19.1. The van der Waals surface area contributed by atoms with Gasteiger partial charge >= 0.3 is 6.09 Å². The number of halogens is 1. The molecular formula is C25H25FN6O5. The van der Waals surface area contributed by atoms with Crippen molar-refractivity contribution >= 4 is 28.6 Å². The summed E-state index contributed by atoms with van der Waals surface area (Å²) in [4.78, 5) is 22.5. The van der Waals surface area contributed by atoms with Crippen molar-refractivity contribution in [2.45, 2.75) is 18.4 Å². The first-order chi connectivity index (χ1) is 17.9. The van der Waals surface area contributed by atoms with Crippen molar-refractivity contribution in [3.8, 4) is 17.2 Å². The molecule has 0 radical (unpaired) electrons. The van der Waals surface area contributed by atoms with Crippen molar-refractivity contribution in [2.75, 3.05) is 39.7 Å². The molecule has 0 bridgehead atoms. The molecule has 2 aliphatic rings. The van der Waals surface area contributed by atoms with Crippen LogP contribution in [0.3, 0.4) is 0 Å². The molecule has 11 nitrogen and oxygen atoms in total. The number of methoxy groups -OCH3 is 3. The minimum absolute atomic E-state index is 0.0700. The summed E-state index contributed by atoms with van der Waals surface area (Å²) in [5.74, 6) is 1.95. The Bertz CT molecular complexity index is 1560. The Hall–Kier alpha value is -4.35. The molecule has 1 aliphatic carbocycles. The fraction of sp³-hybridized carbons (Fsp3) is 0.360. The van der Waals surface area contributed by atoms with Crippen LogP contribution in [0.2, 0.25) is 0 Å². The minimum Gasteiger partial charge on any atom is -0.497 e. The van der Waals surface area contributed by atoms with Gasteiger partial charge in [-0.05, 0) is 30.5 Å². The van der Waals surface area contributed by atoms with E-state index >= 15 is 0 Å². The molecule has 3 heterocycles. The largest absolute Gasteiger partial charge is 0.497 e. The maximum absolute atomic E-state index is 14.7. The lowest BCUT2D eigenvalue weighted by Gasteiger charge is -2.15. The number of nitrogens with one attached hydrogen (secondary N) is 1. The van der Waals surface area contributed by atoms with Gasteiger partial charge in [0.15, 0.2) is 23.0 Å². The number of benzene rings is 2. The Balaban J connectivity index is 1.44. The monoisotopic (exact) mass is 508 g/mol. The molecule has 4 aromatic rings. The topological polar surface area (TPSA) is 123 Å². The Labute approximate surface area is 210 Å². The number of ether oxygens (including phenoxy) is 3. The Morgan fingerprint density at radius 1 is 1.16 bits per heavy atom. The van der Waals surface area contributed by atoms with E-state index in [1.165, 1.54) is 24.1 Å². The molecular weight excluding hydrogens is 483 g/mol. The first-order valence-corrected chi connectivity index (χ1v) is 11.7. The van der Waals surface area contributed by atoms with Crippen molar-refractivity contribution in [3.63, 3.8) is 0 Å². The lowest BCUT2D eigenvalue weighted by atomic mass is 10.1. The average Bonchev–Trinajstić information content (AvgIpc) is 3.24. The molecule has 2 atom stereocenters. The second kappa shape index (κ2) is 8.36. The first kappa shape index (κ1) is 23.1. The van der Waals surface area contributed by atoms with Crippen LogP contribution in [0.25, 0.3) is 16.6 Å². The van der Waals surface area contributed by atoms with Crippen LogP contribution >= 0.6 is 0 Å². The molecule has 1 saturated heterocycles. The molecule has 0 spiro atoms. The maximum atomic E-state index is 14.7. The van der Waals surface area contributed by atoms with Gasteiger partial charge in [0, 0.05) is 42.7 Å². The summed E-state index contributed by atoms with van der Waals surface area (Å²) >= 11 is 0. The number of fused-ring (bicyclic) bond motifs is 4. The number of amides is 1. The van der Waals surface area contributed by atoms with Gasteiger partial charge in [-0.1, -0.05) is 0 Å². The molecule has 1 saturated carbocycles. The van der Waals surface area contributed by atoms with E-state index in [1.807, 2.05) is 12.1 Å². The summed E-state index contributed by atoms with van der Waals surface area (Å²) in [7, 11) is 4.57. The molecule has 2 N–H and O–H groups in total. The summed E-state index contributed by atoms with van der Waals surface area (Å²) in [5.41, 5.74) is 1.35. The van der Waals surface area contributed by atoms with Gasteiger partial charge < -0.3 is 29.5 Å². The summed E-state index contributed by atoms with van der Waals surface area (Å²) < 4.78 is 32.2. The summed E-state index contributed by atoms with van der Waals surface area (Å²) in [6, 6.07) is 8.39.